The molecule has 1 N–H and O–H groups in total. The molecule has 0 fully saturated rings. The second-order valence-corrected chi connectivity index (χ2v) is 2.66. The molecule has 0 heterocycles. The van der Waals surface area contributed by atoms with Gasteiger partial charge < -0.3 is 5.41 Å². The van der Waals surface area contributed by atoms with Crippen LogP contribution in [-0.4, -0.2) is 17.8 Å². The van der Waals surface area contributed by atoms with Crippen molar-refractivity contribution in [3.8, 4) is 0 Å². The van der Waals surface area contributed by atoms with Crippen LogP contribution in [0.1, 0.15) is 15.9 Å². The molecule has 1 rings (SSSR count). The average Bonchev–Trinajstić information content (AvgIpc) is 2.17. The molecule has 0 aliphatic heterocycles. The molecular formula is C9H9NOS. The molecule has 3 heteroatoms. The summed E-state index contributed by atoms with van der Waals surface area (Å²) in [5.74, 6) is 0.235. The number of benzene rings is 1. The van der Waals surface area contributed by atoms with E-state index in [0.717, 1.165) is 5.56 Å². The summed E-state index contributed by atoms with van der Waals surface area (Å²) in [7, 11) is 0. The number of nitrogens with one attached hydrogen (secondary N) is 1. The molecule has 0 atom stereocenters. The molecule has 0 aliphatic rings. The predicted molar refractivity (Wildman–Crippen MR) is 52.5 cm³/mol. The fraction of sp³-hybridized carbons (Fsp3) is 0.111. The van der Waals surface area contributed by atoms with Crippen molar-refractivity contribution in [2.75, 3.05) is 5.75 Å². The monoisotopic (exact) mass is 179 g/mol. The number of Topliss-reactive ketones (excluding diaryl/α,β-unsaturated/α-hetero) is 1. The number of carbonyl (C=O) groups excluding carboxylic acids is 1. The summed E-state index contributed by atoms with van der Waals surface area (Å²) in [6.45, 7) is 0. The van der Waals surface area contributed by atoms with Gasteiger partial charge in [0.05, 0.1) is 5.75 Å². The summed E-state index contributed by atoms with van der Waals surface area (Å²) >= 11 is 3.88. The van der Waals surface area contributed by atoms with E-state index >= 15 is 0 Å². The van der Waals surface area contributed by atoms with Crippen LogP contribution < -0.4 is 0 Å². The van der Waals surface area contributed by atoms with E-state index in [0.29, 0.717) is 5.56 Å². The first-order chi connectivity index (χ1) is 5.77. The van der Waals surface area contributed by atoms with E-state index < -0.39 is 0 Å². The predicted octanol–water partition coefficient (Wildman–Crippen LogP) is 1.80. The van der Waals surface area contributed by atoms with E-state index in [9.17, 15) is 4.79 Å². The molecule has 1 aromatic rings. The SMILES string of the molecule is N=Cc1ccc(C(=O)CS)cc1. The fourth-order valence-electron chi connectivity index (χ4n) is 0.857. The second-order valence-electron chi connectivity index (χ2n) is 2.35. The first-order valence-corrected chi connectivity index (χ1v) is 4.16. The van der Waals surface area contributed by atoms with Crippen LogP contribution in [0.25, 0.3) is 0 Å². The highest BCUT2D eigenvalue weighted by atomic mass is 32.1. The zero-order valence-electron chi connectivity index (χ0n) is 6.45. The van der Waals surface area contributed by atoms with Crippen LogP contribution in [0, 0.1) is 5.41 Å². The molecule has 0 radical (unpaired) electrons. The van der Waals surface area contributed by atoms with Gasteiger partial charge in [-0.25, -0.2) is 0 Å². The van der Waals surface area contributed by atoms with Gasteiger partial charge >= 0.3 is 0 Å². The Morgan fingerprint density at radius 2 is 2.00 bits per heavy atom. The van der Waals surface area contributed by atoms with Crippen LogP contribution in [0.3, 0.4) is 0 Å². The lowest BCUT2D eigenvalue weighted by molar-refractivity contribution is 0.102. The van der Waals surface area contributed by atoms with Crippen LogP contribution in [-0.2, 0) is 0 Å². The molecule has 0 bridgehead atoms. The third kappa shape index (κ3) is 1.95. The van der Waals surface area contributed by atoms with Gasteiger partial charge in [0.15, 0.2) is 5.78 Å². The molecule has 0 aromatic heterocycles. The summed E-state index contributed by atoms with van der Waals surface area (Å²) < 4.78 is 0. The van der Waals surface area contributed by atoms with Gasteiger partial charge in [-0.3, -0.25) is 4.79 Å². The maximum Gasteiger partial charge on any atom is 0.172 e. The zero-order valence-corrected chi connectivity index (χ0v) is 7.34. The summed E-state index contributed by atoms with van der Waals surface area (Å²) in [6, 6.07) is 6.89. The molecule has 0 unspecified atom stereocenters. The van der Waals surface area contributed by atoms with Crippen molar-refractivity contribution >= 4 is 24.6 Å². The van der Waals surface area contributed by atoms with Gasteiger partial charge in [-0.2, -0.15) is 12.6 Å². The van der Waals surface area contributed by atoms with Gasteiger partial charge in [-0.1, -0.05) is 24.3 Å². The molecule has 2 nitrogen and oxygen atoms in total. The Morgan fingerprint density at radius 3 is 2.42 bits per heavy atom. The van der Waals surface area contributed by atoms with E-state index in [1.165, 1.54) is 6.21 Å². The lowest BCUT2D eigenvalue weighted by atomic mass is 10.1. The Labute approximate surface area is 76.5 Å². The van der Waals surface area contributed by atoms with Crippen molar-refractivity contribution < 1.29 is 4.79 Å². The van der Waals surface area contributed by atoms with Crippen molar-refractivity contribution in [1.29, 1.82) is 5.41 Å². The minimum Gasteiger partial charge on any atom is -0.308 e. The normalized spacial score (nSPS) is 9.42. The summed E-state index contributed by atoms with van der Waals surface area (Å²) in [5.41, 5.74) is 1.45. The number of rotatable bonds is 3. The fourth-order valence-corrected chi connectivity index (χ4v) is 1.04. The van der Waals surface area contributed by atoms with Crippen LogP contribution in [0.2, 0.25) is 0 Å². The quantitative estimate of drug-likeness (QED) is 0.414. The molecule has 0 aliphatic carbocycles. The topological polar surface area (TPSA) is 40.9 Å². The van der Waals surface area contributed by atoms with E-state index in [4.69, 9.17) is 5.41 Å². The van der Waals surface area contributed by atoms with Gasteiger partial charge in [-0.05, 0) is 5.56 Å². The maximum absolute atomic E-state index is 11.1. The van der Waals surface area contributed by atoms with Crippen molar-refractivity contribution in [3.05, 3.63) is 35.4 Å². The Balaban J connectivity index is 2.91. The first kappa shape index (κ1) is 9.00. The van der Waals surface area contributed by atoms with Crippen molar-refractivity contribution in [2.45, 2.75) is 0 Å². The molecule has 12 heavy (non-hydrogen) atoms. The lowest BCUT2D eigenvalue weighted by Crippen LogP contribution is -1.99. The number of hydrogen-bond donors (Lipinski definition) is 2. The molecular weight excluding hydrogens is 170 g/mol. The number of hydrogen-bond acceptors (Lipinski definition) is 3. The molecule has 1 aromatic carbocycles. The Bertz CT molecular complexity index is 292. The Morgan fingerprint density at radius 1 is 1.42 bits per heavy atom. The third-order valence-corrected chi connectivity index (χ3v) is 1.83. The second kappa shape index (κ2) is 4.07. The molecule has 0 spiro atoms. The van der Waals surface area contributed by atoms with Gasteiger partial charge in [0.2, 0.25) is 0 Å². The van der Waals surface area contributed by atoms with Gasteiger partial charge in [0.25, 0.3) is 0 Å². The number of ketones is 1. The van der Waals surface area contributed by atoms with Crippen LogP contribution >= 0.6 is 12.6 Å². The highest BCUT2D eigenvalue weighted by Crippen LogP contribution is 2.03. The number of thiol groups is 1. The van der Waals surface area contributed by atoms with Crippen molar-refractivity contribution in [1.82, 2.24) is 0 Å². The van der Waals surface area contributed by atoms with E-state index in [1.807, 2.05) is 0 Å². The largest absolute Gasteiger partial charge is 0.308 e. The van der Waals surface area contributed by atoms with E-state index in [1.54, 1.807) is 24.3 Å². The standard InChI is InChI=1S/C9H9NOS/c10-5-7-1-3-8(4-2-7)9(11)6-12/h1-5,10,12H,6H2. The van der Waals surface area contributed by atoms with Crippen LogP contribution in [0.5, 0.6) is 0 Å². The molecule has 0 amide bonds. The minimum atomic E-state index is 0.00913. The van der Waals surface area contributed by atoms with Crippen molar-refractivity contribution in [2.24, 2.45) is 0 Å². The third-order valence-electron chi connectivity index (χ3n) is 1.54. The Kier molecular flexibility index (Phi) is 3.05. The summed E-state index contributed by atoms with van der Waals surface area (Å²) in [6.07, 6.45) is 1.24. The molecule has 0 saturated carbocycles. The van der Waals surface area contributed by atoms with Gasteiger partial charge in [0, 0.05) is 11.8 Å². The van der Waals surface area contributed by atoms with Crippen LogP contribution in [0.4, 0.5) is 0 Å². The first-order valence-electron chi connectivity index (χ1n) is 3.52. The average molecular weight is 179 g/mol. The lowest BCUT2D eigenvalue weighted by Gasteiger charge is -1.96. The van der Waals surface area contributed by atoms with Gasteiger partial charge in [-0.15, -0.1) is 0 Å². The van der Waals surface area contributed by atoms with Crippen molar-refractivity contribution in [3.63, 3.8) is 0 Å². The minimum absolute atomic E-state index is 0.00913. The summed E-state index contributed by atoms with van der Waals surface area (Å²) in [5, 5.41) is 6.94. The molecule has 0 saturated heterocycles. The summed E-state index contributed by atoms with van der Waals surface area (Å²) in [4.78, 5) is 11.1. The van der Waals surface area contributed by atoms with E-state index in [2.05, 4.69) is 12.6 Å². The van der Waals surface area contributed by atoms with Crippen LogP contribution in [0.15, 0.2) is 24.3 Å². The number of carbonyl (C=O) groups is 1. The Hall–Kier alpha value is -1.09. The van der Waals surface area contributed by atoms with Gasteiger partial charge in [0.1, 0.15) is 0 Å². The molecule has 62 valence electrons. The smallest absolute Gasteiger partial charge is 0.172 e. The zero-order chi connectivity index (χ0) is 8.97. The van der Waals surface area contributed by atoms with E-state index in [-0.39, 0.29) is 11.5 Å². The highest BCUT2D eigenvalue weighted by molar-refractivity contribution is 7.81. The highest BCUT2D eigenvalue weighted by Gasteiger charge is 2.01. The maximum atomic E-state index is 11.1.